The van der Waals surface area contributed by atoms with E-state index in [4.69, 9.17) is 4.52 Å². The van der Waals surface area contributed by atoms with Crippen LogP contribution in [0.3, 0.4) is 0 Å². The van der Waals surface area contributed by atoms with E-state index in [1.807, 2.05) is 13.8 Å². The molecule has 18 heavy (non-hydrogen) atoms. The van der Waals surface area contributed by atoms with E-state index in [1.54, 1.807) is 0 Å². The van der Waals surface area contributed by atoms with Crippen molar-refractivity contribution in [3.05, 3.63) is 17.0 Å². The molecule has 1 aromatic rings. The van der Waals surface area contributed by atoms with Gasteiger partial charge in [-0.3, -0.25) is 9.59 Å². The molecule has 0 unspecified atom stereocenters. The highest BCUT2D eigenvalue weighted by Crippen LogP contribution is 2.16. The second kappa shape index (κ2) is 6.78. The summed E-state index contributed by atoms with van der Waals surface area (Å²) in [6, 6.07) is 0. The largest absolute Gasteiger partial charge is 0.468 e. The molecule has 1 heterocycles. The van der Waals surface area contributed by atoms with Crippen molar-refractivity contribution >= 4 is 11.9 Å². The van der Waals surface area contributed by atoms with Gasteiger partial charge in [0.05, 0.1) is 19.2 Å². The molecule has 100 valence electrons. The summed E-state index contributed by atoms with van der Waals surface area (Å²) >= 11 is 0. The number of methoxy groups -OCH3 is 1. The topological polar surface area (TPSA) is 81.4 Å². The predicted octanol–water partition coefficient (Wildman–Crippen LogP) is 0.631. The molecule has 0 saturated heterocycles. The van der Waals surface area contributed by atoms with Crippen LogP contribution in [-0.2, 0) is 33.6 Å². The van der Waals surface area contributed by atoms with Crippen LogP contribution < -0.4 is 5.32 Å². The zero-order chi connectivity index (χ0) is 13.5. The molecule has 1 rings (SSSR count). The second-order valence-electron chi connectivity index (χ2n) is 3.77. The zero-order valence-electron chi connectivity index (χ0n) is 10.9. The molecule has 0 aliphatic rings. The molecule has 0 spiro atoms. The van der Waals surface area contributed by atoms with Gasteiger partial charge >= 0.3 is 5.97 Å². The average molecular weight is 254 g/mol. The highest BCUT2D eigenvalue weighted by atomic mass is 16.5. The Labute approximate surface area is 106 Å². The van der Waals surface area contributed by atoms with Crippen molar-refractivity contribution in [1.29, 1.82) is 0 Å². The van der Waals surface area contributed by atoms with E-state index < -0.39 is 5.97 Å². The van der Waals surface area contributed by atoms with E-state index in [0.717, 1.165) is 17.0 Å². The highest BCUT2D eigenvalue weighted by Gasteiger charge is 2.17. The van der Waals surface area contributed by atoms with E-state index in [9.17, 15) is 9.59 Å². The summed E-state index contributed by atoms with van der Waals surface area (Å²) in [4.78, 5) is 22.6. The van der Waals surface area contributed by atoms with Gasteiger partial charge in [-0.05, 0) is 6.42 Å². The van der Waals surface area contributed by atoms with Crippen molar-refractivity contribution in [3.63, 3.8) is 0 Å². The Balaban J connectivity index is 2.63. The predicted molar refractivity (Wildman–Crippen MR) is 64.0 cm³/mol. The van der Waals surface area contributed by atoms with Gasteiger partial charge in [-0.15, -0.1) is 0 Å². The van der Waals surface area contributed by atoms with Crippen LogP contribution in [0.5, 0.6) is 0 Å². The van der Waals surface area contributed by atoms with Gasteiger partial charge in [-0.25, -0.2) is 0 Å². The molecule has 0 radical (unpaired) electrons. The lowest BCUT2D eigenvalue weighted by molar-refractivity contribution is -0.141. The monoisotopic (exact) mass is 254 g/mol. The average Bonchev–Trinajstić information content (AvgIpc) is 2.77. The summed E-state index contributed by atoms with van der Waals surface area (Å²) < 4.78 is 9.60. The van der Waals surface area contributed by atoms with Crippen LogP contribution in [0, 0.1) is 0 Å². The SMILES string of the molecule is CCc1noc(CC)c1CC(=O)NCC(=O)OC. The first-order valence-electron chi connectivity index (χ1n) is 5.92. The zero-order valence-corrected chi connectivity index (χ0v) is 10.9. The number of carbonyl (C=O) groups excluding carboxylic acids is 2. The normalized spacial score (nSPS) is 10.2. The third-order valence-corrected chi connectivity index (χ3v) is 2.60. The number of ether oxygens (including phenoxy) is 1. The molecular formula is C12H18N2O4. The van der Waals surface area contributed by atoms with Gasteiger partial charge in [0.1, 0.15) is 12.3 Å². The quantitative estimate of drug-likeness (QED) is 0.753. The molecule has 0 aliphatic carbocycles. The smallest absolute Gasteiger partial charge is 0.325 e. The Morgan fingerprint density at radius 3 is 2.61 bits per heavy atom. The van der Waals surface area contributed by atoms with E-state index in [2.05, 4.69) is 15.2 Å². The number of rotatable bonds is 6. The third kappa shape index (κ3) is 3.58. The molecule has 0 aromatic carbocycles. The van der Waals surface area contributed by atoms with Crippen LogP contribution >= 0.6 is 0 Å². The lowest BCUT2D eigenvalue weighted by Crippen LogP contribution is -2.31. The maximum Gasteiger partial charge on any atom is 0.325 e. The van der Waals surface area contributed by atoms with Crippen LogP contribution in [0.4, 0.5) is 0 Å². The van der Waals surface area contributed by atoms with Crippen molar-refractivity contribution in [2.24, 2.45) is 0 Å². The molecule has 0 saturated carbocycles. The van der Waals surface area contributed by atoms with E-state index in [-0.39, 0.29) is 18.9 Å². The van der Waals surface area contributed by atoms with E-state index in [1.165, 1.54) is 7.11 Å². The number of aryl methyl sites for hydroxylation is 2. The minimum Gasteiger partial charge on any atom is -0.468 e. The summed E-state index contributed by atoms with van der Waals surface area (Å²) in [5.41, 5.74) is 1.61. The maximum absolute atomic E-state index is 11.7. The van der Waals surface area contributed by atoms with Crippen molar-refractivity contribution in [2.45, 2.75) is 33.1 Å². The standard InChI is InChI=1S/C12H18N2O4/c1-4-9-8(10(5-2)18-14-9)6-11(15)13-7-12(16)17-3/h4-7H2,1-3H3,(H,13,15). The third-order valence-electron chi connectivity index (χ3n) is 2.60. The fraction of sp³-hybridized carbons (Fsp3) is 0.583. The Kier molecular flexibility index (Phi) is 5.35. The lowest BCUT2D eigenvalue weighted by Gasteiger charge is -2.04. The van der Waals surface area contributed by atoms with Crippen molar-refractivity contribution in [3.8, 4) is 0 Å². The number of amides is 1. The Bertz CT molecular complexity index is 404. The molecule has 6 nitrogen and oxygen atoms in total. The van der Waals surface area contributed by atoms with E-state index >= 15 is 0 Å². The fourth-order valence-corrected chi connectivity index (χ4v) is 1.60. The van der Waals surface area contributed by atoms with Crippen molar-refractivity contribution < 1.29 is 18.8 Å². The Morgan fingerprint density at radius 1 is 1.33 bits per heavy atom. The molecule has 0 fully saturated rings. The Hall–Kier alpha value is -1.85. The lowest BCUT2D eigenvalue weighted by atomic mass is 10.1. The summed E-state index contributed by atoms with van der Waals surface area (Å²) in [5.74, 6) is 0.00756. The Morgan fingerprint density at radius 2 is 2.06 bits per heavy atom. The van der Waals surface area contributed by atoms with Gasteiger partial charge < -0.3 is 14.6 Å². The molecule has 1 N–H and O–H groups in total. The van der Waals surface area contributed by atoms with Crippen LogP contribution in [0.2, 0.25) is 0 Å². The molecule has 1 aromatic heterocycles. The van der Waals surface area contributed by atoms with Crippen LogP contribution in [0.15, 0.2) is 4.52 Å². The van der Waals surface area contributed by atoms with Crippen molar-refractivity contribution in [2.75, 3.05) is 13.7 Å². The van der Waals surface area contributed by atoms with Crippen LogP contribution in [0.25, 0.3) is 0 Å². The molecular weight excluding hydrogens is 236 g/mol. The molecule has 1 amide bonds. The fourth-order valence-electron chi connectivity index (χ4n) is 1.60. The second-order valence-corrected chi connectivity index (χ2v) is 3.77. The van der Waals surface area contributed by atoms with Gasteiger partial charge in [0, 0.05) is 12.0 Å². The molecule has 0 bridgehead atoms. The summed E-state index contributed by atoms with van der Waals surface area (Å²) in [6.45, 7) is 3.77. The van der Waals surface area contributed by atoms with Gasteiger partial charge in [0.2, 0.25) is 5.91 Å². The number of nitrogens with zero attached hydrogens (tertiary/aromatic N) is 1. The number of carbonyl (C=O) groups is 2. The first-order valence-corrected chi connectivity index (χ1v) is 5.92. The van der Waals surface area contributed by atoms with Gasteiger partial charge in [-0.2, -0.15) is 0 Å². The van der Waals surface area contributed by atoms with Crippen LogP contribution in [-0.4, -0.2) is 30.7 Å². The number of nitrogens with one attached hydrogen (secondary N) is 1. The first-order chi connectivity index (χ1) is 8.62. The van der Waals surface area contributed by atoms with Gasteiger partial charge in [-0.1, -0.05) is 19.0 Å². The maximum atomic E-state index is 11.7. The van der Waals surface area contributed by atoms with Gasteiger partial charge in [0.15, 0.2) is 0 Å². The van der Waals surface area contributed by atoms with Crippen LogP contribution in [0.1, 0.15) is 30.9 Å². The van der Waals surface area contributed by atoms with Crippen molar-refractivity contribution in [1.82, 2.24) is 10.5 Å². The summed E-state index contributed by atoms with van der Waals surface area (Å²) in [7, 11) is 1.28. The molecule has 6 heteroatoms. The molecule has 0 aliphatic heterocycles. The number of hydrogen-bond acceptors (Lipinski definition) is 5. The molecule has 0 atom stereocenters. The summed E-state index contributed by atoms with van der Waals surface area (Å²) in [6.07, 6.45) is 1.57. The number of esters is 1. The minimum absolute atomic E-state index is 0.121. The highest BCUT2D eigenvalue weighted by molar-refractivity contribution is 5.83. The first kappa shape index (κ1) is 14.2. The summed E-state index contributed by atoms with van der Waals surface area (Å²) in [5, 5.41) is 6.41. The van der Waals surface area contributed by atoms with E-state index in [0.29, 0.717) is 12.8 Å². The van der Waals surface area contributed by atoms with Gasteiger partial charge in [0.25, 0.3) is 0 Å². The number of hydrogen-bond donors (Lipinski definition) is 1. The minimum atomic E-state index is -0.472. The number of aromatic nitrogens is 1.